The Labute approximate surface area is 186 Å². The Morgan fingerprint density at radius 3 is 2.32 bits per heavy atom. The molecule has 0 aliphatic heterocycles. The molecule has 3 rings (SSSR count). The molecule has 7 nitrogen and oxygen atoms in total. The average Bonchev–Trinajstić information content (AvgIpc) is 3.02. The van der Waals surface area contributed by atoms with Crippen LogP contribution in [0.3, 0.4) is 0 Å². The van der Waals surface area contributed by atoms with Crippen LogP contribution in [-0.4, -0.2) is 28.9 Å². The van der Waals surface area contributed by atoms with E-state index in [1.165, 1.54) is 0 Å². The van der Waals surface area contributed by atoms with Crippen molar-refractivity contribution in [3.8, 4) is 17.2 Å². The standard InChI is InChI=1S/C23H26ClN3O4/c1-5-29-19-12-7-16(13-20(19)30-6-2)14-31-18-10-8-17(9-11-18)25-23(28)22-21(24)15(3)27(4)26-22/h7-13H,5-6,14H2,1-4H3,(H,25,28). The number of ether oxygens (including phenoxy) is 3. The Balaban J connectivity index is 1.61. The van der Waals surface area contributed by atoms with E-state index < -0.39 is 0 Å². The van der Waals surface area contributed by atoms with Gasteiger partial charge in [-0.05, 0) is 62.7 Å². The van der Waals surface area contributed by atoms with Crippen LogP contribution in [0.2, 0.25) is 5.02 Å². The number of aromatic nitrogens is 2. The Bertz CT molecular complexity index is 1050. The van der Waals surface area contributed by atoms with Crippen molar-refractivity contribution in [2.45, 2.75) is 27.4 Å². The molecule has 2 aromatic carbocycles. The van der Waals surface area contributed by atoms with Gasteiger partial charge < -0.3 is 19.5 Å². The molecule has 3 aromatic rings. The smallest absolute Gasteiger partial charge is 0.277 e. The summed E-state index contributed by atoms with van der Waals surface area (Å²) in [5.74, 6) is 1.74. The number of aryl methyl sites for hydroxylation is 1. The van der Waals surface area contributed by atoms with E-state index in [0.29, 0.717) is 42.0 Å². The maximum absolute atomic E-state index is 12.4. The van der Waals surface area contributed by atoms with E-state index in [1.807, 2.05) is 32.0 Å². The lowest BCUT2D eigenvalue weighted by atomic mass is 10.2. The summed E-state index contributed by atoms with van der Waals surface area (Å²) in [6, 6.07) is 12.9. The SMILES string of the molecule is CCOc1ccc(COc2ccc(NC(=O)c3nn(C)c(C)c3Cl)cc2)cc1OCC. The lowest BCUT2D eigenvalue weighted by Crippen LogP contribution is -2.13. The molecule has 0 aliphatic rings. The molecule has 1 aromatic heterocycles. The van der Waals surface area contributed by atoms with Crippen molar-refractivity contribution < 1.29 is 19.0 Å². The first-order valence-electron chi connectivity index (χ1n) is 10.0. The zero-order valence-electron chi connectivity index (χ0n) is 18.1. The van der Waals surface area contributed by atoms with Crippen LogP contribution < -0.4 is 19.5 Å². The Hall–Kier alpha value is -3.19. The molecule has 0 saturated carbocycles. The minimum absolute atomic E-state index is 0.197. The van der Waals surface area contributed by atoms with Crippen LogP contribution in [0.15, 0.2) is 42.5 Å². The fourth-order valence-corrected chi connectivity index (χ4v) is 3.15. The molecule has 1 amide bonds. The molecule has 0 spiro atoms. The first-order chi connectivity index (χ1) is 14.9. The molecule has 0 atom stereocenters. The molecular weight excluding hydrogens is 418 g/mol. The highest BCUT2D eigenvalue weighted by Crippen LogP contribution is 2.29. The quantitative estimate of drug-likeness (QED) is 0.503. The predicted molar refractivity (Wildman–Crippen MR) is 120 cm³/mol. The topological polar surface area (TPSA) is 74.6 Å². The third-order valence-electron chi connectivity index (χ3n) is 4.60. The fourth-order valence-electron chi connectivity index (χ4n) is 2.90. The van der Waals surface area contributed by atoms with Crippen LogP contribution in [-0.2, 0) is 13.7 Å². The van der Waals surface area contributed by atoms with Crippen LogP contribution in [0.1, 0.15) is 35.6 Å². The van der Waals surface area contributed by atoms with Crippen molar-refractivity contribution in [3.63, 3.8) is 0 Å². The van der Waals surface area contributed by atoms with Gasteiger partial charge in [-0.3, -0.25) is 9.48 Å². The number of hydrogen-bond donors (Lipinski definition) is 1. The van der Waals surface area contributed by atoms with Crippen molar-refractivity contribution in [2.24, 2.45) is 7.05 Å². The number of benzene rings is 2. The molecule has 0 unspecified atom stereocenters. The number of carbonyl (C=O) groups excluding carboxylic acids is 1. The van der Waals surface area contributed by atoms with Gasteiger partial charge in [-0.15, -0.1) is 0 Å². The van der Waals surface area contributed by atoms with Crippen molar-refractivity contribution in [3.05, 3.63) is 64.4 Å². The maximum Gasteiger partial charge on any atom is 0.277 e. The number of nitrogens with one attached hydrogen (secondary N) is 1. The minimum atomic E-state index is -0.361. The van der Waals surface area contributed by atoms with Gasteiger partial charge in [0.1, 0.15) is 12.4 Å². The Morgan fingerprint density at radius 2 is 1.71 bits per heavy atom. The van der Waals surface area contributed by atoms with Gasteiger partial charge in [-0.1, -0.05) is 17.7 Å². The lowest BCUT2D eigenvalue weighted by molar-refractivity contribution is 0.102. The average molecular weight is 444 g/mol. The molecule has 164 valence electrons. The van der Waals surface area contributed by atoms with E-state index in [0.717, 1.165) is 17.0 Å². The van der Waals surface area contributed by atoms with Gasteiger partial charge >= 0.3 is 0 Å². The summed E-state index contributed by atoms with van der Waals surface area (Å²) in [6.07, 6.45) is 0. The summed E-state index contributed by atoms with van der Waals surface area (Å²) < 4.78 is 18.7. The van der Waals surface area contributed by atoms with Crippen molar-refractivity contribution >= 4 is 23.2 Å². The van der Waals surface area contributed by atoms with E-state index in [1.54, 1.807) is 42.9 Å². The van der Waals surface area contributed by atoms with E-state index in [9.17, 15) is 4.79 Å². The van der Waals surface area contributed by atoms with Gasteiger partial charge in [-0.25, -0.2) is 0 Å². The molecule has 31 heavy (non-hydrogen) atoms. The Kier molecular flexibility index (Phi) is 7.41. The summed E-state index contributed by atoms with van der Waals surface area (Å²) in [7, 11) is 1.74. The van der Waals surface area contributed by atoms with Crippen LogP contribution in [0, 0.1) is 6.92 Å². The zero-order chi connectivity index (χ0) is 22.4. The van der Waals surface area contributed by atoms with E-state index in [4.69, 9.17) is 25.8 Å². The maximum atomic E-state index is 12.4. The van der Waals surface area contributed by atoms with Gasteiger partial charge in [-0.2, -0.15) is 5.10 Å². The molecule has 0 aliphatic carbocycles. The van der Waals surface area contributed by atoms with Crippen molar-refractivity contribution in [1.29, 1.82) is 0 Å². The first kappa shape index (κ1) is 22.5. The number of carbonyl (C=O) groups is 1. The number of rotatable bonds is 9. The highest BCUT2D eigenvalue weighted by Gasteiger charge is 2.18. The van der Waals surface area contributed by atoms with Crippen LogP contribution in [0.4, 0.5) is 5.69 Å². The third kappa shape index (κ3) is 5.49. The highest BCUT2D eigenvalue weighted by atomic mass is 35.5. The number of hydrogen-bond acceptors (Lipinski definition) is 5. The van der Waals surface area contributed by atoms with Crippen molar-refractivity contribution in [1.82, 2.24) is 9.78 Å². The van der Waals surface area contributed by atoms with Gasteiger partial charge in [0.25, 0.3) is 5.91 Å². The number of halogens is 1. The van der Waals surface area contributed by atoms with Gasteiger partial charge in [0.05, 0.1) is 23.9 Å². The first-order valence-corrected chi connectivity index (χ1v) is 10.4. The molecular formula is C23H26ClN3O4. The van der Waals surface area contributed by atoms with E-state index in [2.05, 4.69) is 10.4 Å². The molecule has 0 fully saturated rings. The van der Waals surface area contributed by atoms with Crippen LogP contribution in [0.25, 0.3) is 0 Å². The lowest BCUT2D eigenvalue weighted by Gasteiger charge is -2.13. The number of anilines is 1. The van der Waals surface area contributed by atoms with E-state index >= 15 is 0 Å². The van der Waals surface area contributed by atoms with Crippen LogP contribution in [0.5, 0.6) is 17.2 Å². The molecule has 0 bridgehead atoms. The Morgan fingerprint density at radius 1 is 1.03 bits per heavy atom. The molecule has 1 heterocycles. The van der Waals surface area contributed by atoms with E-state index in [-0.39, 0.29) is 11.6 Å². The monoisotopic (exact) mass is 443 g/mol. The molecule has 1 N–H and O–H groups in total. The zero-order valence-corrected chi connectivity index (χ0v) is 18.8. The third-order valence-corrected chi connectivity index (χ3v) is 5.05. The molecule has 0 radical (unpaired) electrons. The summed E-state index contributed by atoms with van der Waals surface area (Å²) in [4.78, 5) is 12.4. The second-order valence-corrected chi connectivity index (χ2v) is 7.16. The largest absolute Gasteiger partial charge is 0.490 e. The number of amides is 1. The van der Waals surface area contributed by atoms with Crippen molar-refractivity contribution in [2.75, 3.05) is 18.5 Å². The summed E-state index contributed by atoms with van der Waals surface area (Å²) in [6.45, 7) is 7.18. The highest BCUT2D eigenvalue weighted by molar-refractivity contribution is 6.34. The van der Waals surface area contributed by atoms with Gasteiger partial charge in [0.2, 0.25) is 0 Å². The molecule has 0 saturated heterocycles. The minimum Gasteiger partial charge on any atom is -0.490 e. The number of nitrogens with zero attached hydrogens (tertiary/aromatic N) is 2. The van der Waals surface area contributed by atoms with Crippen LogP contribution >= 0.6 is 11.6 Å². The predicted octanol–water partition coefficient (Wildman–Crippen LogP) is 5.01. The second kappa shape index (κ2) is 10.2. The van der Waals surface area contributed by atoms with Gasteiger partial charge in [0, 0.05) is 12.7 Å². The summed E-state index contributed by atoms with van der Waals surface area (Å²) in [5, 5.41) is 7.30. The van der Waals surface area contributed by atoms with Gasteiger partial charge in [0.15, 0.2) is 17.2 Å². The summed E-state index contributed by atoms with van der Waals surface area (Å²) in [5.41, 5.74) is 2.51. The fraction of sp³-hybridized carbons (Fsp3) is 0.304. The molecule has 8 heteroatoms. The second-order valence-electron chi connectivity index (χ2n) is 6.79. The normalized spacial score (nSPS) is 10.6. The summed E-state index contributed by atoms with van der Waals surface area (Å²) >= 11 is 6.18.